The molecule has 0 aliphatic carbocycles. The van der Waals surface area contributed by atoms with Crippen molar-refractivity contribution < 1.29 is 25.3 Å². The molecule has 200 valence electrons. The predicted molar refractivity (Wildman–Crippen MR) is 143 cm³/mol. The molecule has 0 heterocycles. The van der Waals surface area contributed by atoms with Crippen LogP contribution in [-0.2, 0) is 29.9 Å². The van der Waals surface area contributed by atoms with Gasteiger partial charge in [-0.1, -0.05) is 58.3 Å². The molecule has 37 heavy (non-hydrogen) atoms. The average molecular weight is 566 g/mol. The molecule has 0 bridgehead atoms. The second-order valence-corrected chi connectivity index (χ2v) is 14.4. The minimum absolute atomic E-state index is 0.131. The lowest BCUT2D eigenvalue weighted by molar-refractivity contribution is 0.450. The van der Waals surface area contributed by atoms with Gasteiger partial charge in [-0.25, -0.2) is 25.3 Å². The van der Waals surface area contributed by atoms with E-state index in [0.29, 0.717) is 5.56 Å². The molecule has 3 rings (SSSR count). The van der Waals surface area contributed by atoms with E-state index in [0.717, 1.165) is 0 Å². The van der Waals surface area contributed by atoms with E-state index in [9.17, 15) is 25.3 Å². The molecular formula is C25H31N3O6S3. The Balaban J connectivity index is 2.40. The Bertz CT molecular complexity index is 1510. The van der Waals surface area contributed by atoms with Gasteiger partial charge in [0.2, 0.25) is 0 Å². The van der Waals surface area contributed by atoms with Crippen molar-refractivity contribution in [3.63, 3.8) is 0 Å². The quantitative estimate of drug-likeness (QED) is 0.337. The Morgan fingerprint density at radius 1 is 0.676 bits per heavy atom. The molecule has 0 aromatic heterocycles. The Morgan fingerprint density at radius 3 is 1.43 bits per heavy atom. The average Bonchev–Trinajstić information content (AvgIpc) is 2.83. The first-order chi connectivity index (χ1) is 17.4. The van der Waals surface area contributed by atoms with Crippen LogP contribution in [-0.4, -0.2) is 54.0 Å². The summed E-state index contributed by atoms with van der Waals surface area (Å²) in [6.45, 7) is 4.36. The minimum atomic E-state index is -4.90. The summed E-state index contributed by atoms with van der Waals surface area (Å²) in [6, 6.07) is 17.7. The zero-order valence-electron chi connectivity index (χ0n) is 20.8. The zero-order valence-corrected chi connectivity index (χ0v) is 23.3. The lowest BCUT2D eigenvalue weighted by atomic mass is 10.2. The van der Waals surface area contributed by atoms with Crippen molar-refractivity contribution in [2.75, 3.05) is 19.6 Å². The van der Waals surface area contributed by atoms with Crippen molar-refractivity contribution >= 4 is 29.9 Å². The predicted octanol–water partition coefficient (Wildman–Crippen LogP) is 2.34. The number of benzene rings is 3. The molecule has 0 spiro atoms. The van der Waals surface area contributed by atoms with Gasteiger partial charge in [0.25, 0.3) is 20.0 Å². The maximum absolute atomic E-state index is 14.2. The Morgan fingerprint density at radius 2 is 1.05 bits per heavy atom. The van der Waals surface area contributed by atoms with Gasteiger partial charge in [-0.3, -0.25) is 0 Å². The number of nitrogens with two attached hydrogens (primary N) is 1. The third kappa shape index (κ3) is 5.79. The molecule has 0 fully saturated rings. The van der Waals surface area contributed by atoms with Gasteiger partial charge >= 0.3 is 0 Å². The number of rotatable bonds is 11. The van der Waals surface area contributed by atoms with Gasteiger partial charge in [-0.2, -0.15) is 0 Å². The molecular weight excluding hydrogens is 534 g/mol. The van der Waals surface area contributed by atoms with Crippen molar-refractivity contribution in [1.29, 1.82) is 0 Å². The van der Waals surface area contributed by atoms with Crippen LogP contribution >= 0.6 is 0 Å². The van der Waals surface area contributed by atoms with E-state index >= 15 is 0 Å². The van der Waals surface area contributed by atoms with Crippen LogP contribution in [0, 0.1) is 20.8 Å². The summed E-state index contributed by atoms with van der Waals surface area (Å²) in [4.78, 5) is -0.786. The molecule has 0 radical (unpaired) electrons. The molecule has 3 N–H and O–H groups in total. The number of nitrogens with one attached hydrogen (secondary N) is 1. The van der Waals surface area contributed by atoms with E-state index in [4.69, 9.17) is 5.73 Å². The molecule has 3 aromatic carbocycles. The molecule has 9 nitrogen and oxygen atoms in total. The zero-order chi connectivity index (χ0) is 27.4. The van der Waals surface area contributed by atoms with Crippen LogP contribution < -0.4 is 11.1 Å². The van der Waals surface area contributed by atoms with Gasteiger partial charge in [0.1, 0.15) is 0 Å². The van der Waals surface area contributed by atoms with Crippen molar-refractivity contribution in [3.8, 4) is 0 Å². The van der Waals surface area contributed by atoms with Crippen molar-refractivity contribution in [3.05, 3.63) is 89.5 Å². The lowest BCUT2D eigenvalue weighted by Gasteiger charge is -2.31. The van der Waals surface area contributed by atoms with Crippen LogP contribution in [0.1, 0.15) is 16.7 Å². The van der Waals surface area contributed by atoms with E-state index in [1.54, 1.807) is 31.2 Å². The fourth-order valence-electron chi connectivity index (χ4n) is 3.97. The van der Waals surface area contributed by atoms with E-state index in [2.05, 4.69) is 5.32 Å². The minimum Gasteiger partial charge on any atom is -0.329 e. The molecule has 1 atom stereocenters. The number of hydrogen-bond donors (Lipinski definition) is 2. The summed E-state index contributed by atoms with van der Waals surface area (Å²) in [5, 5.41) is 0.780. The molecule has 12 heteroatoms. The summed E-state index contributed by atoms with van der Waals surface area (Å²) in [5.41, 5.74) is 6.47. The van der Waals surface area contributed by atoms with Gasteiger partial charge in [-0.05, 0) is 55.7 Å². The number of sulfonamides is 2. The van der Waals surface area contributed by atoms with E-state index in [-0.39, 0.29) is 42.6 Å². The maximum Gasteiger partial charge on any atom is 0.257 e. The molecule has 0 amide bonds. The highest BCUT2D eigenvalue weighted by atomic mass is 32.3. The van der Waals surface area contributed by atoms with Gasteiger partial charge in [-0.15, -0.1) is 0 Å². The normalized spacial score (nSPS) is 13.5. The number of aryl methyl sites for hydroxylation is 3. The third-order valence-corrected chi connectivity index (χ3v) is 12.9. The highest BCUT2D eigenvalue weighted by Crippen LogP contribution is 2.34. The first-order valence-electron chi connectivity index (χ1n) is 11.5. The fourth-order valence-corrected chi connectivity index (χ4v) is 11.1. The standard InChI is InChI=1S/C25H31N3O6S3/c1-19-10-4-7-13-22(19)35(29,30)25(18-27-17-16-26)28(36(31,32)23-14-8-5-11-20(23)2)37(33,34)24-15-9-6-12-21(24)3/h4-15,25,27H,16-18,26H2,1-3H3. The highest BCUT2D eigenvalue weighted by Gasteiger charge is 2.49. The molecule has 0 aliphatic rings. The third-order valence-electron chi connectivity index (χ3n) is 5.85. The van der Waals surface area contributed by atoms with Crippen LogP contribution in [0.4, 0.5) is 0 Å². The van der Waals surface area contributed by atoms with Crippen molar-refractivity contribution in [2.24, 2.45) is 5.73 Å². The summed E-state index contributed by atoms with van der Waals surface area (Å²) in [6.07, 6.45) is 0. The lowest BCUT2D eigenvalue weighted by Crippen LogP contribution is -2.53. The van der Waals surface area contributed by atoms with Crippen LogP contribution in [0.15, 0.2) is 87.5 Å². The molecule has 0 saturated heterocycles. The number of sulfone groups is 1. The molecule has 1 unspecified atom stereocenters. The van der Waals surface area contributed by atoms with Gasteiger partial charge in [0.05, 0.1) is 14.7 Å². The largest absolute Gasteiger partial charge is 0.329 e. The smallest absolute Gasteiger partial charge is 0.257 e. The monoisotopic (exact) mass is 565 g/mol. The first-order valence-corrected chi connectivity index (χ1v) is 15.9. The topological polar surface area (TPSA) is 144 Å². The summed E-state index contributed by atoms with van der Waals surface area (Å²) >= 11 is 0. The van der Waals surface area contributed by atoms with Crippen LogP contribution in [0.5, 0.6) is 0 Å². The Labute approximate surface area is 219 Å². The summed E-state index contributed by atoms with van der Waals surface area (Å²) < 4.78 is 84.9. The SMILES string of the molecule is Cc1ccccc1S(=O)(=O)C(CNCCN)N(S(=O)(=O)c1ccccc1C)S(=O)(=O)c1ccccc1C. The van der Waals surface area contributed by atoms with Crippen molar-refractivity contribution in [1.82, 2.24) is 9.03 Å². The molecule has 3 aromatic rings. The van der Waals surface area contributed by atoms with Gasteiger partial charge < -0.3 is 11.1 Å². The van der Waals surface area contributed by atoms with Crippen LogP contribution in [0.2, 0.25) is 0 Å². The van der Waals surface area contributed by atoms with Gasteiger partial charge in [0, 0.05) is 19.6 Å². The summed E-state index contributed by atoms with van der Waals surface area (Å²) in [5.74, 6) is 0. The molecule has 0 aliphatic heterocycles. The second kappa shape index (κ2) is 11.4. The second-order valence-electron chi connectivity index (χ2n) is 8.52. The highest BCUT2D eigenvalue weighted by molar-refractivity contribution is 8.05. The van der Waals surface area contributed by atoms with Crippen LogP contribution in [0.25, 0.3) is 0 Å². The maximum atomic E-state index is 14.2. The van der Waals surface area contributed by atoms with Crippen LogP contribution in [0.3, 0.4) is 0 Å². The Hall–Kier alpha value is -2.61. The van der Waals surface area contributed by atoms with Crippen molar-refractivity contribution in [2.45, 2.75) is 40.8 Å². The summed E-state index contributed by atoms with van der Waals surface area (Å²) in [7, 11) is -14.4. The van der Waals surface area contributed by atoms with E-state index in [1.807, 2.05) is 0 Å². The van der Waals surface area contributed by atoms with Gasteiger partial charge in [0.15, 0.2) is 15.2 Å². The number of nitrogens with zero attached hydrogens (tertiary/aromatic N) is 1. The first kappa shape index (κ1) is 29.0. The molecule has 0 saturated carbocycles. The van der Waals surface area contributed by atoms with E-state index in [1.165, 1.54) is 62.4 Å². The van der Waals surface area contributed by atoms with E-state index < -0.39 is 41.8 Å². The fraction of sp³-hybridized carbons (Fsp3) is 0.280. The Kier molecular flexibility index (Phi) is 8.93. The number of hydrogen-bond acceptors (Lipinski definition) is 8.